The van der Waals surface area contributed by atoms with Gasteiger partial charge in [-0.3, -0.25) is 4.79 Å². The van der Waals surface area contributed by atoms with Crippen LogP contribution in [0.2, 0.25) is 0 Å². The molecule has 1 amide bonds. The number of anilines is 1. The van der Waals surface area contributed by atoms with E-state index in [2.05, 4.69) is 5.32 Å². The molecule has 1 N–H and O–H groups in total. The van der Waals surface area contributed by atoms with Crippen LogP contribution in [-0.4, -0.2) is 19.6 Å². The number of fused-ring (bicyclic) bond motifs is 1. The Bertz CT molecular complexity index is 667. The molecule has 0 fully saturated rings. The maximum atomic E-state index is 12.4. The molecule has 2 aromatic carbocycles. The molecule has 0 spiro atoms. The number of hydrogen-bond donors (Lipinski definition) is 1. The maximum Gasteiger partial charge on any atom is 0.255 e. The molecule has 4 nitrogen and oxygen atoms in total. The highest BCUT2D eigenvalue weighted by Gasteiger charge is 2.14. The van der Waals surface area contributed by atoms with E-state index in [-0.39, 0.29) is 5.91 Å². The van der Waals surface area contributed by atoms with E-state index in [1.165, 1.54) is 0 Å². The van der Waals surface area contributed by atoms with Gasteiger partial charge in [-0.15, -0.1) is 0 Å². The fourth-order valence-corrected chi connectivity index (χ4v) is 2.44. The third-order valence-electron chi connectivity index (χ3n) is 3.53. The van der Waals surface area contributed by atoms with Crippen molar-refractivity contribution in [3.05, 3.63) is 53.6 Å². The first-order chi connectivity index (χ1) is 10.3. The topological polar surface area (TPSA) is 47.6 Å². The van der Waals surface area contributed by atoms with Crippen molar-refractivity contribution in [2.24, 2.45) is 0 Å². The lowest BCUT2D eigenvalue weighted by atomic mass is 10.0. The smallest absolute Gasteiger partial charge is 0.255 e. The van der Waals surface area contributed by atoms with Crippen LogP contribution >= 0.6 is 0 Å². The monoisotopic (exact) mass is 283 g/mol. The Morgan fingerprint density at radius 2 is 2.10 bits per heavy atom. The van der Waals surface area contributed by atoms with Gasteiger partial charge in [0, 0.05) is 5.56 Å². The summed E-state index contributed by atoms with van der Waals surface area (Å²) in [4.78, 5) is 12.4. The summed E-state index contributed by atoms with van der Waals surface area (Å²) in [5.74, 6) is 1.38. The van der Waals surface area contributed by atoms with Crippen LogP contribution in [-0.2, 0) is 6.42 Å². The normalized spacial score (nSPS) is 13.0. The Hall–Kier alpha value is -2.49. The van der Waals surface area contributed by atoms with Crippen molar-refractivity contribution < 1.29 is 14.3 Å². The van der Waals surface area contributed by atoms with Crippen LogP contribution in [0.5, 0.6) is 11.5 Å². The van der Waals surface area contributed by atoms with Crippen molar-refractivity contribution in [2.75, 3.05) is 19.0 Å². The molecule has 0 aliphatic carbocycles. The number of aryl methyl sites for hydroxylation is 1. The van der Waals surface area contributed by atoms with Crippen molar-refractivity contribution in [1.29, 1.82) is 0 Å². The predicted octanol–water partition coefficient (Wildman–Crippen LogP) is 3.27. The van der Waals surface area contributed by atoms with Crippen molar-refractivity contribution in [3.63, 3.8) is 0 Å². The zero-order valence-corrected chi connectivity index (χ0v) is 11.9. The summed E-state index contributed by atoms with van der Waals surface area (Å²) in [6.45, 7) is 0.750. The van der Waals surface area contributed by atoms with E-state index < -0.39 is 0 Å². The summed E-state index contributed by atoms with van der Waals surface area (Å²) in [7, 11) is 1.58. The van der Waals surface area contributed by atoms with Gasteiger partial charge in [-0.05, 0) is 48.7 Å². The molecule has 0 saturated carbocycles. The number of methoxy groups -OCH3 is 1. The molecule has 21 heavy (non-hydrogen) atoms. The molecule has 0 radical (unpaired) electrons. The number of benzene rings is 2. The Balaban J connectivity index is 1.82. The Morgan fingerprint density at radius 3 is 2.95 bits per heavy atom. The Morgan fingerprint density at radius 1 is 1.24 bits per heavy atom. The summed E-state index contributed by atoms with van der Waals surface area (Å²) in [5.41, 5.74) is 2.39. The van der Waals surface area contributed by atoms with Gasteiger partial charge in [0.2, 0.25) is 0 Å². The van der Waals surface area contributed by atoms with Crippen LogP contribution in [0.25, 0.3) is 0 Å². The molecule has 3 rings (SSSR count). The molecule has 0 unspecified atom stereocenters. The minimum absolute atomic E-state index is 0.145. The summed E-state index contributed by atoms with van der Waals surface area (Å²) in [6.07, 6.45) is 1.94. The summed E-state index contributed by atoms with van der Waals surface area (Å²) in [5, 5.41) is 2.88. The molecule has 108 valence electrons. The van der Waals surface area contributed by atoms with Crippen LogP contribution < -0.4 is 14.8 Å². The van der Waals surface area contributed by atoms with Gasteiger partial charge in [-0.25, -0.2) is 0 Å². The number of nitrogens with one attached hydrogen (secondary N) is 1. The van der Waals surface area contributed by atoms with Crippen LogP contribution in [0, 0.1) is 0 Å². The highest BCUT2D eigenvalue weighted by Crippen LogP contribution is 2.27. The highest BCUT2D eigenvalue weighted by molar-refractivity contribution is 6.05. The number of carbonyl (C=O) groups is 1. The Labute approximate surface area is 123 Å². The van der Waals surface area contributed by atoms with Crippen LogP contribution in [0.4, 0.5) is 5.69 Å². The van der Waals surface area contributed by atoms with Crippen molar-refractivity contribution in [2.45, 2.75) is 12.8 Å². The molecule has 0 saturated heterocycles. The number of rotatable bonds is 3. The van der Waals surface area contributed by atoms with Gasteiger partial charge >= 0.3 is 0 Å². The predicted molar refractivity (Wildman–Crippen MR) is 81.2 cm³/mol. The number of hydrogen-bond acceptors (Lipinski definition) is 3. The first kappa shape index (κ1) is 13.5. The molecule has 1 aliphatic heterocycles. The van der Waals surface area contributed by atoms with Gasteiger partial charge in [-0.1, -0.05) is 12.1 Å². The van der Waals surface area contributed by atoms with E-state index in [0.29, 0.717) is 17.0 Å². The summed E-state index contributed by atoms with van der Waals surface area (Å²) < 4.78 is 10.8. The molecule has 0 bridgehead atoms. The zero-order chi connectivity index (χ0) is 14.7. The van der Waals surface area contributed by atoms with E-state index in [9.17, 15) is 4.79 Å². The van der Waals surface area contributed by atoms with Gasteiger partial charge in [0.25, 0.3) is 5.91 Å². The average Bonchev–Trinajstić information content (AvgIpc) is 2.55. The Kier molecular flexibility index (Phi) is 3.77. The first-order valence-electron chi connectivity index (χ1n) is 6.98. The van der Waals surface area contributed by atoms with Gasteiger partial charge in [0.15, 0.2) is 0 Å². The molecule has 0 atom stereocenters. The van der Waals surface area contributed by atoms with Crippen molar-refractivity contribution >= 4 is 11.6 Å². The van der Waals surface area contributed by atoms with Gasteiger partial charge in [-0.2, -0.15) is 0 Å². The van der Waals surface area contributed by atoms with Crippen molar-refractivity contribution in [3.8, 4) is 11.5 Å². The van der Waals surface area contributed by atoms with Crippen LogP contribution in [0.1, 0.15) is 22.3 Å². The zero-order valence-electron chi connectivity index (χ0n) is 11.9. The van der Waals surface area contributed by atoms with E-state index in [1.807, 2.05) is 36.4 Å². The minimum Gasteiger partial charge on any atom is -0.495 e. The lowest BCUT2D eigenvalue weighted by molar-refractivity contribution is 0.102. The van der Waals surface area contributed by atoms with E-state index in [4.69, 9.17) is 9.47 Å². The third-order valence-corrected chi connectivity index (χ3v) is 3.53. The fraction of sp³-hybridized carbons (Fsp3) is 0.235. The van der Waals surface area contributed by atoms with Crippen LogP contribution in [0.3, 0.4) is 0 Å². The molecular weight excluding hydrogens is 266 g/mol. The maximum absolute atomic E-state index is 12.4. The molecule has 1 heterocycles. The molecule has 4 heteroatoms. The highest BCUT2D eigenvalue weighted by atomic mass is 16.5. The van der Waals surface area contributed by atoms with Gasteiger partial charge in [0.1, 0.15) is 11.5 Å². The quantitative estimate of drug-likeness (QED) is 0.940. The second-order valence-corrected chi connectivity index (χ2v) is 4.93. The van der Waals surface area contributed by atoms with E-state index in [0.717, 1.165) is 30.8 Å². The standard InChI is InChI=1S/C17H17NO3/c1-20-16-7-3-2-6-14(16)18-17(19)13-8-9-15-12(11-13)5-4-10-21-15/h2-3,6-9,11H,4-5,10H2,1H3,(H,18,19). The number of para-hydroxylation sites is 2. The minimum atomic E-state index is -0.145. The first-order valence-corrected chi connectivity index (χ1v) is 6.98. The molecule has 2 aromatic rings. The SMILES string of the molecule is COc1ccccc1NC(=O)c1ccc2c(c1)CCCO2. The number of ether oxygens (including phenoxy) is 2. The second kappa shape index (κ2) is 5.87. The van der Waals surface area contributed by atoms with E-state index in [1.54, 1.807) is 13.2 Å². The molecule has 0 aromatic heterocycles. The van der Waals surface area contributed by atoms with Gasteiger partial charge < -0.3 is 14.8 Å². The lowest BCUT2D eigenvalue weighted by Gasteiger charge is -2.18. The molecule has 1 aliphatic rings. The lowest BCUT2D eigenvalue weighted by Crippen LogP contribution is -2.14. The second-order valence-electron chi connectivity index (χ2n) is 4.93. The van der Waals surface area contributed by atoms with Crippen LogP contribution in [0.15, 0.2) is 42.5 Å². The third kappa shape index (κ3) is 2.84. The molecular formula is C17H17NO3. The summed E-state index contributed by atoms with van der Waals surface area (Å²) in [6, 6.07) is 12.9. The average molecular weight is 283 g/mol. The van der Waals surface area contributed by atoms with Gasteiger partial charge in [0.05, 0.1) is 19.4 Å². The fourth-order valence-electron chi connectivity index (χ4n) is 2.44. The largest absolute Gasteiger partial charge is 0.495 e. The summed E-state index contributed by atoms with van der Waals surface area (Å²) >= 11 is 0. The number of amides is 1. The van der Waals surface area contributed by atoms with Crippen molar-refractivity contribution in [1.82, 2.24) is 0 Å². The number of carbonyl (C=O) groups excluding carboxylic acids is 1. The van der Waals surface area contributed by atoms with E-state index >= 15 is 0 Å².